The Bertz CT molecular complexity index is 507. The summed E-state index contributed by atoms with van der Waals surface area (Å²) in [5, 5.41) is 0. The van der Waals surface area contributed by atoms with Crippen molar-refractivity contribution in [2.24, 2.45) is 22.6 Å². The third kappa shape index (κ3) is 8.23. The van der Waals surface area contributed by atoms with Crippen LogP contribution in [0.3, 0.4) is 0 Å². The Morgan fingerprint density at radius 1 is 0.450 bits per heavy atom. The van der Waals surface area contributed by atoms with E-state index < -0.39 is 30.2 Å². The lowest BCUT2D eigenvalue weighted by Crippen LogP contribution is -1.65. The molecule has 0 aromatic heterocycles. The van der Waals surface area contributed by atoms with Crippen LogP contribution in [0, 0.1) is 0 Å². The molecule has 0 bridgehead atoms. The summed E-state index contributed by atoms with van der Waals surface area (Å²) in [5.74, 6) is -13.5. The zero-order valence-corrected chi connectivity index (χ0v) is 20.1. The maximum absolute atomic E-state index is 6.13. The zero-order valence-electron chi connectivity index (χ0n) is 8.87. The van der Waals surface area contributed by atoms with Crippen LogP contribution in [0.5, 0.6) is 0 Å². The van der Waals surface area contributed by atoms with Crippen molar-refractivity contribution in [3.05, 3.63) is 0 Å². The molecule has 0 radical (unpaired) electrons. The van der Waals surface area contributed by atoms with Gasteiger partial charge in [-0.2, -0.15) is 22.6 Å². The molecule has 0 fully saturated rings. The topological polar surface area (TPSA) is 61.8 Å². The van der Waals surface area contributed by atoms with E-state index in [0.29, 0.717) is 0 Å². The Hall–Kier alpha value is 3.76. The van der Waals surface area contributed by atoms with E-state index in [4.69, 9.17) is 101 Å². The van der Waals surface area contributed by atoms with Gasteiger partial charge in [0.1, 0.15) is 0 Å². The molecule has 19 heteroatoms. The molecular weight excluding hydrogens is 556 g/mol. The van der Waals surface area contributed by atoms with E-state index in [1.54, 1.807) is 0 Å². The monoisotopic (exact) mass is 555 g/mol. The highest BCUT2D eigenvalue weighted by Crippen LogP contribution is 2.87. The van der Waals surface area contributed by atoms with Crippen LogP contribution >= 0.6 is 131 Å². The normalized spacial score (nSPS) is 34.3. The Morgan fingerprint density at radius 3 is 1.05 bits per heavy atom. The zero-order chi connectivity index (χ0) is 16.0. The summed E-state index contributed by atoms with van der Waals surface area (Å²) in [5.41, 5.74) is 0. The van der Waals surface area contributed by atoms with Gasteiger partial charge in [-0.25, -0.2) is 0 Å². The van der Waals surface area contributed by atoms with Crippen molar-refractivity contribution in [2.45, 2.75) is 0 Å². The molecule has 0 aromatic carbocycles. The Morgan fingerprint density at radius 2 is 0.700 bits per heavy atom. The summed E-state index contributed by atoms with van der Waals surface area (Å²) < 4.78 is 19.3. The molecule has 0 aromatic rings. The first-order valence-electron chi connectivity index (χ1n) is 3.97. The predicted molar refractivity (Wildman–Crippen MR) is 105 cm³/mol. The van der Waals surface area contributed by atoms with Crippen molar-refractivity contribution >= 4 is 131 Å². The second-order valence-electron chi connectivity index (χ2n) is 3.08. The van der Waals surface area contributed by atoms with Gasteiger partial charge in [-0.15, -0.1) is 0 Å². The van der Waals surface area contributed by atoms with E-state index in [2.05, 4.69) is 22.6 Å². The smallest absolute Gasteiger partial charge is 0.199 e. The SMILES string of the molecule is CP1(Cl)=NP(Cl)(Cl)=NP(Cl)(Cl)=NP(Cl)(Cl)=NP(Cl)(Cl)=N1. The average Bonchev–Trinajstić information content (AvgIpc) is 1.84. The summed E-state index contributed by atoms with van der Waals surface area (Å²) in [6.07, 6.45) is 0. The molecule has 1 aliphatic heterocycles. The van der Waals surface area contributed by atoms with Crippen molar-refractivity contribution in [3.8, 4) is 0 Å². The summed E-state index contributed by atoms with van der Waals surface area (Å²) >= 11 is 53.8. The lowest BCUT2D eigenvalue weighted by molar-refractivity contribution is 1.78. The molecule has 0 saturated carbocycles. The largest absolute Gasteiger partial charge is 0.257 e. The summed E-state index contributed by atoms with van der Waals surface area (Å²) in [6.45, 7) is -1.50. The number of nitrogens with zero attached hydrogens (tertiary/aromatic N) is 5. The maximum Gasteiger partial charge on any atom is 0.257 e. The summed E-state index contributed by atoms with van der Waals surface area (Å²) in [4.78, 5) is 0. The highest BCUT2D eigenvalue weighted by atomic mass is 35.9. The van der Waals surface area contributed by atoms with Gasteiger partial charge in [0, 0.05) is 6.66 Å². The lowest BCUT2D eigenvalue weighted by Gasteiger charge is -2.17. The minimum absolute atomic E-state index is 1.45. The van der Waals surface area contributed by atoms with Gasteiger partial charge in [0.2, 0.25) is 0 Å². The molecule has 1 aliphatic rings. The molecule has 120 valence electrons. The molecule has 0 N–H and O–H groups in total. The quantitative estimate of drug-likeness (QED) is 0.265. The first-order chi connectivity index (χ1) is 8.54. The van der Waals surface area contributed by atoms with Crippen molar-refractivity contribution in [1.29, 1.82) is 0 Å². The van der Waals surface area contributed by atoms with Crippen molar-refractivity contribution in [3.63, 3.8) is 0 Å². The Balaban J connectivity index is 3.95. The van der Waals surface area contributed by atoms with Gasteiger partial charge in [0.05, 0.1) is 0 Å². The molecule has 0 amide bonds. The first-order valence-corrected chi connectivity index (χ1v) is 21.0. The van der Waals surface area contributed by atoms with E-state index in [0.717, 1.165) is 0 Å². The van der Waals surface area contributed by atoms with Crippen LogP contribution in [0.2, 0.25) is 0 Å². The summed E-state index contributed by atoms with van der Waals surface area (Å²) in [7, 11) is 0. The molecule has 5 nitrogen and oxygen atoms in total. The van der Waals surface area contributed by atoms with E-state index in [1.165, 1.54) is 6.66 Å². The van der Waals surface area contributed by atoms with Gasteiger partial charge in [-0.3, -0.25) is 0 Å². The Kier molecular flexibility index (Phi) is 7.82. The average molecular weight is 559 g/mol. The molecular formula is CH3Cl9N5P5. The molecule has 1 unspecified atom stereocenters. The lowest BCUT2D eigenvalue weighted by atomic mass is 12.0. The van der Waals surface area contributed by atoms with E-state index in [9.17, 15) is 0 Å². The third-order valence-corrected chi connectivity index (χ3v) is 21.6. The molecule has 1 atom stereocenters. The predicted octanol–water partition coefficient (Wildman–Crippen LogP) is 11.6. The number of rotatable bonds is 0. The highest BCUT2D eigenvalue weighted by molar-refractivity contribution is 8.25. The number of hydrogen-bond donors (Lipinski definition) is 0. The van der Waals surface area contributed by atoms with Crippen molar-refractivity contribution in [2.75, 3.05) is 6.66 Å². The molecule has 20 heavy (non-hydrogen) atoms. The standard InChI is InChI=1S/CH3Cl9N5P5/c1-16(2)11-17(3,4)13-19(7,8)15-20(9,10)14-18(5,6)12-16/h1H3. The van der Waals surface area contributed by atoms with Gasteiger partial charge < -0.3 is 0 Å². The van der Waals surface area contributed by atoms with Crippen LogP contribution in [0.1, 0.15) is 0 Å². The minimum Gasteiger partial charge on any atom is -0.199 e. The van der Waals surface area contributed by atoms with Gasteiger partial charge in [-0.05, 0) is 89.9 Å². The second-order valence-corrected chi connectivity index (χ2v) is 27.2. The number of hydrogen-bond acceptors (Lipinski definition) is 5. The maximum atomic E-state index is 6.13. The fourth-order valence-corrected chi connectivity index (χ4v) is 31.5. The fraction of sp³-hybridized carbons (Fsp3) is 1.00. The van der Waals surface area contributed by atoms with Crippen molar-refractivity contribution < 1.29 is 0 Å². The van der Waals surface area contributed by atoms with Crippen LogP contribution in [0.15, 0.2) is 22.6 Å². The second kappa shape index (κ2) is 7.17. The molecule has 0 spiro atoms. The van der Waals surface area contributed by atoms with Crippen LogP contribution in [0.25, 0.3) is 0 Å². The van der Waals surface area contributed by atoms with Crippen LogP contribution in [-0.4, -0.2) is 6.66 Å². The van der Waals surface area contributed by atoms with Crippen LogP contribution < -0.4 is 0 Å². The van der Waals surface area contributed by atoms with E-state index in [-0.39, 0.29) is 0 Å². The van der Waals surface area contributed by atoms with Crippen LogP contribution in [-0.2, 0) is 0 Å². The molecule has 1 rings (SSSR count). The van der Waals surface area contributed by atoms with Gasteiger partial charge in [0.15, 0.2) is 6.56 Å². The number of halogens is 9. The summed E-state index contributed by atoms with van der Waals surface area (Å²) in [6, 6.07) is 0. The van der Waals surface area contributed by atoms with Gasteiger partial charge in [-0.1, -0.05) is 11.2 Å². The van der Waals surface area contributed by atoms with Gasteiger partial charge in [0.25, 0.3) is 23.6 Å². The first kappa shape index (κ1) is 21.8. The van der Waals surface area contributed by atoms with E-state index in [1.807, 2.05) is 0 Å². The van der Waals surface area contributed by atoms with Crippen molar-refractivity contribution in [1.82, 2.24) is 0 Å². The van der Waals surface area contributed by atoms with E-state index >= 15 is 0 Å². The third-order valence-electron chi connectivity index (χ3n) is 1.19. The van der Waals surface area contributed by atoms with Gasteiger partial charge >= 0.3 is 0 Å². The molecule has 1 heterocycles. The highest BCUT2D eigenvalue weighted by Gasteiger charge is 2.30. The fourth-order valence-electron chi connectivity index (χ4n) is 0.871. The minimum atomic E-state index is -3.41. The molecule has 0 aliphatic carbocycles. The van der Waals surface area contributed by atoms with Crippen LogP contribution in [0.4, 0.5) is 0 Å². The molecule has 0 saturated heterocycles. The Labute approximate surface area is 159 Å².